The Morgan fingerprint density at radius 1 is 1.38 bits per heavy atom. The van der Waals surface area contributed by atoms with E-state index in [1.165, 1.54) is 28.7 Å². The van der Waals surface area contributed by atoms with Gasteiger partial charge in [0.15, 0.2) is 22.3 Å². The molecular weight excluding hydrogens is 466 g/mol. The summed E-state index contributed by atoms with van der Waals surface area (Å²) in [6, 6.07) is 4.68. The van der Waals surface area contributed by atoms with Crippen molar-refractivity contribution in [2.45, 2.75) is 17.8 Å². The van der Waals surface area contributed by atoms with E-state index in [9.17, 15) is 9.90 Å². The average Bonchev–Trinajstić information content (AvgIpc) is 3.54. The number of aryl methyl sites for hydroxylation is 1. The number of phenols is 1. The van der Waals surface area contributed by atoms with Gasteiger partial charge in [-0.05, 0) is 41.0 Å². The third-order valence-electron chi connectivity index (χ3n) is 4.35. The summed E-state index contributed by atoms with van der Waals surface area (Å²) in [5, 5.41) is 37.4. The van der Waals surface area contributed by atoms with Gasteiger partial charge < -0.3 is 20.1 Å². The number of carbonyl (C=O) groups is 1. The van der Waals surface area contributed by atoms with E-state index in [2.05, 4.69) is 46.0 Å². The van der Waals surface area contributed by atoms with E-state index < -0.39 is 5.91 Å². The first-order valence-electron chi connectivity index (χ1n) is 9.77. The Labute approximate surface area is 195 Å². The zero-order valence-corrected chi connectivity index (χ0v) is 18.8. The topological polar surface area (TPSA) is 197 Å². The number of hydrogen-bond donors (Lipinski definition) is 3. The van der Waals surface area contributed by atoms with E-state index >= 15 is 0 Å². The first-order valence-corrected chi connectivity index (χ1v) is 10.8. The van der Waals surface area contributed by atoms with Gasteiger partial charge >= 0.3 is 0 Å². The molecule has 0 saturated carbocycles. The highest BCUT2D eigenvalue weighted by Crippen LogP contribution is 2.26. The maximum Gasteiger partial charge on any atom is 0.293 e. The van der Waals surface area contributed by atoms with Crippen LogP contribution in [0.1, 0.15) is 28.7 Å². The molecule has 0 unspecified atom stereocenters. The molecule has 15 nitrogen and oxygen atoms in total. The molecule has 3 heterocycles. The monoisotopic (exact) mass is 485 g/mol. The van der Waals surface area contributed by atoms with Crippen LogP contribution in [0.3, 0.4) is 0 Å². The highest BCUT2D eigenvalue weighted by atomic mass is 32.2. The van der Waals surface area contributed by atoms with Crippen molar-refractivity contribution in [3.63, 3.8) is 0 Å². The number of ether oxygens (including phenoxy) is 1. The van der Waals surface area contributed by atoms with Crippen molar-refractivity contribution >= 4 is 29.7 Å². The summed E-state index contributed by atoms with van der Waals surface area (Å²) in [6.07, 6.45) is 2.96. The predicted octanol–water partition coefficient (Wildman–Crippen LogP) is 0.521. The zero-order valence-electron chi connectivity index (χ0n) is 18.0. The van der Waals surface area contributed by atoms with Crippen molar-refractivity contribution in [2.24, 2.45) is 12.1 Å². The Morgan fingerprint density at radius 3 is 2.94 bits per heavy atom. The minimum Gasteiger partial charge on any atom is -0.504 e. The van der Waals surface area contributed by atoms with Crippen LogP contribution in [0.4, 0.5) is 5.82 Å². The number of anilines is 1. The minimum atomic E-state index is -0.616. The van der Waals surface area contributed by atoms with Crippen molar-refractivity contribution < 1.29 is 19.3 Å². The third kappa shape index (κ3) is 4.80. The van der Waals surface area contributed by atoms with Crippen LogP contribution in [0.2, 0.25) is 0 Å². The number of nitrogens with one attached hydrogen (secondary N) is 1. The zero-order chi connectivity index (χ0) is 24.1. The van der Waals surface area contributed by atoms with Gasteiger partial charge in [-0.15, -0.1) is 15.3 Å². The molecule has 176 valence electrons. The molecular formula is C18H19N11O4S. The summed E-state index contributed by atoms with van der Waals surface area (Å²) in [5.41, 5.74) is 9.16. The number of rotatable bonds is 9. The number of aromatic hydroxyl groups is 1. The maximum atomic E-state index is 12.8. The number of hydrazone groups is 1. The van der Waals surface area contributed by atoms with Crippen LogP contribution in [-0.4, -0.2) is 63.9 Å². The summed E-state index contributed by atoms with van der Waals surface area (Å²) in [6.45, 7) is 2.19. The Morgan fingerprint density at radius 2 is 2.24 bits per heavy atom. The molecule has 0 aliphatic rings. The molecule has 3 aromatic heterocycles. The lowest BCUT2D eigenvalue weighted by Crippen LogP contribution is -2.20. The molecule has 4 aromatic rings. The molecule has 4 N–H and O–H groups in total. The molecule has 0 aliphatic carbocycles. The number of phenolic OH excluding ortho intramolecular Hbond substituents is 1. The number of nitrogens with two attached hydrogens (primary N) is 1. The molecule has 34 heavy (non-hydrogen) atoms. The van der Waals surface area contributed by atoms with Crippen LogP contribution < -0.4 is 15.9 Å². The molecule has 4 rings (SSSR count). The fraction of sp³-hybridized carbons (Fsp3) is 0.222. The van der Waals surface area contributed by atoms with Gasteiger partial charge in [0, 0.05) is 12.8 Å². The van der Waals surface area contributed by atoms with Crippen LogP contribution in [0, 0.1) is 0 Å². The summed E-state index contributed by atoms with van der Waals surface area (Å²) in [5.74, 6) is 0.00534. The maximum absolute atomic E-state index is 12.8. The van der Waals surface area contributed by atoms with Crippen molar-refractivity contribution in [1.29, 1.82) is 0 Å². The lowest BCUT2D eigenvalue weighted by molar-refractivity contribution is 0.0949. The number of thioether (sulfide) groups is 1. The number of aromatic nitrogens is 8. The van der Waals surface area contributed by atoms with E-state index in [1.807, 2.05) is 0 Å². The summed E-state index contributed by atoms with van der Waals surface area (Å²) in [4.78, 5) is 12.8. The first kappa shape index (κ1) is 22.7. The minimum absolute atomic E-state index is 0.00469. The molecule has 0 saturated heterocycles. The molecule has 0 spiro atoms. The molecule has 16 heteroatoms. The van der Waals surface area contributed by atoms with Gasteiger partial charge in [-0.1, -0.05) is 17.0 Å². The number of benzene rings is 1. The van der Waals surface area contributed by atoms with E-state index in [1.54, 1.807) is 37.0 Å². The lowest BCUT2D eigenvalue weighted by Gasteiger charge is -2.06. The van der Waals surface area contributed by atoms with Crippen molar-refractivity contribution in [1.82, 2.24) is 45.5 Å². The second kappa shape index (κ2) is 9.99. The van der Waals surface area contributed by atoms with Gasteiger partial charge in [0.1, 0.15) is 6.33 Å². The van der Waals surface area contributed by atoms with Crippen LogP contribution in [0.15, 0.2) is 39.4 Å². The van der Waals surface area contributed by atoms with Gasteiger partial charge in [0.25, 0.3) is 5.91 Å². The summed E-state index contributed by atoms with van der Waals surface area (Å²) < 4.78 is 13.0. The van der Waals surface area contributed by atoms with Crippen molar-refractivity contribution in [2.75, 3.05) is 12.3 Å². The summed E-state index contributed by atoms with van der Waals surface area (Å²) in [7, 11) is 1.79. The van der Waals surface area contributed by atoms with Gasteiger partial charge in [0.2, 0.25) is 11.6 Å². The quantitative estimate of drug-likeness (QED) is 0.169. The Bertz CT molecular complexity index is 1330. The van der Waals surface area contributed by atoms with E-state index in [-0.39, 0.29) is 28.8 Å². The number of nitrogens with zero attached hydrogens (tertiary/aromatic N) is 9. The molecule has 0 fully saturated rings. The molecule has 0 radical (unpaired) electrons. The molecule has 0 atom stereocenters. The van der Waals surface area contributed by atoms with Crippen LogP contribution >= 0.6 is 11.8 Å². The molecule has 1 aromatic carbocycles. The Kier molecular flexibility index (Phi) is 6.67. The lowest BCUT2D eigenvalue weighted by atomic mass is 10.2. The largest absolute Gasteiger partial charge is 0.504 e. The predicted molar refractivity (Wildman–Crippen MR) is 119 cm³/mol. The second-order valence-electron chi connectivity index (χ2n) is 6.64. The van der Waals surface area contributed by atoms with Gasteiger partial charge in [-0.2, -0.15) is 9.78 Å². The fourth-order valence-corrected chi connectivity index (χ4v) is 3.63. The normalized spacial score (nSPS) is 11.2. The number of hydrogen-bond acceptors (Lipinski definition) is 13. The van der Waals surface area contributed by atoms with E-state index in [0.29, 0.717) is 28.8 Å². The summed E-state index contributed by atoms with van der Waals surface area (Å²) >= 11 is 1.30. The standard InChI is InChI=1S/C18H19N11O4S/c1-3-32-13-6-10(4-5-12(13)30)7-20-23-17(31)14-11(8-34-18-24-21-9-28(18)2)29(27-22-14)16-15(19)25-33-26-16/h4-7,9,30H,3,8H2,1-2H3,(H2,19,25)(H,23,31)/b20-7-. The number of nitrogen functional groups attached to an aromatic ring is 1. The van der Waals surface area contributed by atoms with Gasteiger partial charge in [-0.25, -0.2) is 10.1 Å². The van der Waals surface area contributed by atoms with E-state index in [0.717, 1.165) is 0 Å². The van der Waals surface area contributed by atoms with Gasteiger partial charge in [-0.3, -0.25) is 4.79 Å². The van der Waals surface area contributed by atoms with Crippen LogP contribution in [0.5, 0.6) is 11.5 Å². The number of carbonyl (C=O) groups excluding carboxylic acids is 1. The average molecular weight is 485 g/mol. The third-order valence-corrected chi connectivity index (χ3v) is 5.39. The Hall–Kier alpha value is -4.47. The van der Waals surface area contributed by atoms with Crippen LogP contribution in [0.25, 0.3) is 5.82 Å². The first-order chi connectivity index (χ1) is 16.5. The van der Waals surface area contributed by atoms with Crippen molar-refractivity contribution in [3.05, 3.63) is 41.5 Å². The smallest absolute Gasteiger partial charge is 0.293 e. The molecule has 1 amide bonds. The highest BCUT2D eigenvalue weighted by molar-refractivity contribution is 7.98. The van der Waals surface area contributed by atoms with Gasteiger partial charge in [0.05, 0.1) is 18.5 Å². The SMILES string of the molecule is CCOc1cc(/C=N\NC(=O)c2nnn(-c3nonc3N)c2CSc2nncn2C)ccc1O. The molecule has 0 bridgehead atoms. The number of amides is 1. The Balaban J connectivity index is 1.55. The second-order valence-corrected chi connectivity index (χ2v) is 7.58. The van der Waals surface area contributed by atoms with Crippen LogP contribution in [-0.2, 0) is 12.8 Å². The fourth-order valence-electron chi connectivity index (χ4n) is 2.75. The molecule has 0 aliphatic heterocycles. The van der Waals surface area contributed by atoms with E-state index in [4.69, 9.17) is 10.5 Å². The van der Waals surface area contributed by atoms with Crippen molar-refractivity contribution in [3.8, 4) is 17.3 Å². The highest BCUT2D eigenvalue weighted by Gasteiger charge is 2.24.